The van der Waals surface area contributed by atoms with E-state index >= 15 is 0 Å². The molecule has 3 rings (SSSR count). The van der Waals surface area contributed by atoms with Crippen molar-refractivity contribution in [3.63, 3.8) is 0 Å². The summed E-state index contributed by atoms with van der Waals surface area (Å²) in [5.41, 5.74) is 0.524. The van der Waals surface area contributed by atoms with Crippen LogP contribution in [-0.4, -0.2) is 23.1 Å². The fourth-order valence-corrected chi connectivity index (χ4v) is 3.74. The molecule has 29 heavy (non-hydrogen) atoms. The van der Waals surface area contributed by atoms with E-state index in [4.69, 9.17) is 4.74 Å². The van der Waals surface area contributed by atoms with E-state index in [0.717, 1.165) is 18.6 Å². The summed E-state index contributed by atoms with van der Waals surface area (Å²) in [5, 5.41) is 0. The molecule has 0 N–H and O–H groups in total. The second-order valence-corrected chi connectivity index (χ2v) is 8.44. The number of alkyl halides is 3. The Hall–Kier alpha value is -2.50. The van der Waals surface area contributed by atoms with Crippen LogP contribution in [0.2, 0.25) is 0 Å². The second-order valence-electron chi connectivity index (χ2n) is 8.44. The number of rotatable bonds is 2. The van der Waals surface area contributed by atoms with Crippen molar-refractivity contribution in [1.29, 1.82) is 0 Å². The second kappa shape index (κ2) is 8.09. The predicted octanol–water partition coefficient (Wildman–Crippen LogP) is 6.56. The highest BCUT2D eigenvalue weighted by Gasteiger charge is 2.36. The normalized spacial score (nSPS) is 20.4. The number of benzene rings is 2. The standard InChI is InChI=1S/C23H26F3NO2/c1-22(2,3)29-21(28)27-14-13-18(16-7-5-4-6-8-16)15-20(27)17-9-11-19(12-10-17)23(24,25)26/h4-12,18,20H,13-15H2,1-3H3/t18-,20+/m1/s1. The molecule has 0 aliphatic carbocycles. The monoisotopic (exact) mass is 405 g/mol. The molecule has 156 valence electrons. The van der Waals surface area contributed by atoms with Crippen LogP contribution in [0.15, 0.2) is 54.6 Å². The maximum absolute atomic E-state index is 13.0. The van der Waals surface area contributed by atoms with Gasteiger partial charge in [-0.15, -0.1) is 0 Å². The van der Waals surface area contributed by atoms with Crippen molar-refractivity contribution in [3.8, 4) is 0 Å². The molecular formula is C23H26F3NO2. The maximum Gasteiger partial charge on any atom is 0.416 e. The molecule has 0 spiro atoms. The van der Waals surface area contributed by atoms with Crippen LogP contribution < -0.4 is 0 Å². The van der Waals surface area contributed by atoms with Crippen molar-refractivity contribution in [2.75, 3.05) is 6.54 Å². The Morgan fingerprint density at radius 1 is 0.966 bits per heavy atom. The minimum Gasteiger partial charge on any atom is -0.444 e. The molecule has 2 atom stereocenters. The molecule has 1 saturated heterocycles. The molecule has 0 saturated carbocycles. The van der Waals surface area contributed by atoms with Crippen LogP contribution in [0.4, 0.5) is 18.0 Å². The molecule has 0 bridgehead atoms. The summed E-state index contributed by atoms with van der Waals surface area (Å²) < 4.78 is 44.4. The number of hydrogen-bond acceptors (Lipinski definition) is 2. The van der Waals surface area contributed by atoms with Gasteiger partial charge in [-0.1, -0.05) is 42.5 Å². The van der Waals surface area contributed by atoms with Gasteiger partial charge in [-0.2, -0.15) is 13.2 Å². The van der Waals surface area contributed by atoms with Crippen LogP contribution in [-0.2, 0) is 10.9 Å². The van der Waals surface area contributed by atoms with Crippen molar-refractivity contribution in [1.82, 2.24) is 4.90 Å². The number of likely N-dealkylation sites (tertiary alicyclic amines) is 1. The smallest absolute Gasteiger partial charge is 0.416 e. The Morgan fingerprint density at radius 2 is 1.59 bits per heavy atom. The van der Waals surface area contributed by atoms with E-state index in [1.165, 1.54) is 17.7 Å². The third-order valence-corrected chi connectivity index (χ3v) is 5.12. The molecule has 1 aliphatic rings. The van der Waals surface area contributed by atoms with Crippen LogP contribution in [0.25, 0.3) is 0 Å². The zero-order valence-electron chi connectivity index (χ0n) is 16.9. The van der Waals surface area contributed by atoms with Crippen LogP contribution in [0, 0.1) is 0 Å². The average Bonchev–Trinajstić information content (AvgIpc) is 2.66. The van der Waals surface area contributed by atoms with Gasteiger partial charge in [-0.25, -0.2) is 4.79 Å². The molecule has 2 aromatic rings. The molecule has 3 nitrogen and oxygen atoms in total. The van der Waals surface area contributed by atoms with Crippen molar-refractivity contribution < 1.29 is 22.7 Å². The van der Waals surface area contributed by atoms with Crippen LogP contribution in [0.5, 0.6) is 0 Å². The topological polar surface area (TPSA) is 29.5 Å². The van der Waals surface area contributed by atoms with E-state index in [1.54, 1.807) is 25.7 Å². The average molecular weight is 405 g/mol. The van der Waals surface area contributed by atoms with Crippen LogP contribution in [0.1, 0.15) is 62.3 Å². The van der Waals surface area contributed by atoms with E-state index < -0.39 is 23.4 Å². The third kappa shape index (κ3) is 5.31. The van der Waals surface area contributed by atoms with Gasteiger partial charge in [0.15, 0.2) is 0 Å². The Bertz CT molecular complexity index is 826. The first-order valence-electron chi connectivity index (χ1n) is 9.76. The quantitative estimate of drug-likeness (QED) is 0.566. The first kappa shape index (κ1) is 21.2. The van der Waals surface area contributed by atoms with Crippen molar-refractivity contribution in [3.05, 3.63) is 71.3 Å². The molecule has 1 heterocycles. The Kier molecular flexibility index (Phi) is 5.92. The maximum atomic E-state index is 13.0. The summed E-state index contributed by atoms with van der Waals surface area (Å²) in [6.45, 7) is 5.89. The summed E-state index contributed by atoms with van der Waals surface area (Å²) in [6, 6.07) is 14.8. The molecule has 1 fully saturated rings. The van der Waals surface area contributed by atoms with Gasteiger partial charge in [-0.05, 0) is 62.8 Å². The lowest BCUT2D eigenvalue weighted by Gasteiger charge is -2.40. The Morgan fingerprint density at radius 3 is 2.14 bits per heavy atom. The summed E-state index contributed by atoms with van der Waals surface area (Å²) in [4.78, 5) is 14.4. The summed E-state index contributed by atoms with van der Waals surface area (Å²) in [7, 11) is 0. The minimum atomic E-state index is -4.39. The molecule has 6 heteroatoms. The van der Waals surface area contributed by atoms with Crippen molar-refractivity contribution >= 4 is 6.09 Å². The number of halogens is 3. The number of ether oxygens (including phenoxy) is 1. The Balaban J connectivity index is 1.89. The Labute approximate surface area is 169 Å². The molecule has 1 aliphatic heterocycles. The van der Waals surface area contributed by atoms with Gasteiger partial charge in [0, 0.05) is 6.54 Å². The van der Waals surface area contributed by atoms with Crippen molar-refractivity contribution in [2.24, 2.45) is 0 Å². The van der Waals surface area contributed by atoms with E-state index in [9.17, 15) is 18.0 Å². The highest BCUT2D eigenvalue weighted by atomic mass is 19.4. The zero-order valence-corrected chi connectivity index (χ0v) is 16.9. The van der Waals surface area contributed by atoms with Gasteiger partial charge in [-0.3, -0.25) is 0 Å². The number of carbonyl (C=O) groups is 1. The molecule has 1 amide bonds. The third-order valence-electron chi connectivity index (χ3n) is 5.12. The van der Waals surface area contributed by atoms with E-state index in [0.29, 0.717) is 18.5 Å². The fourth-order valence-electron chi connectivity index (χ4n) is 3.74. The van der Waals surface area contributed by atoms with Gasteiger partial charge in [0.25, 0.3) is 0 Å². The molecule has 2 aromatic carbocycles. The van der Waals surface area contributed by atoms with E-state index in [2.05, 4.69) is 12.1 Å². The molecule has 0 radical (unpaired) electrons. The lowest BCUT2D eigenvalue weighted by Crippen LogP contribution is -2.43. The van der Waals surface area contributed by atoms with Gasteiger partial charge < -0.3 is 9.64 Å². The SMILES string of the molecule is CC(C)(C)OC(=O)N1CC[C@@H](c2ccccc2)C[C@H]1c1ccc(C(F)(F)F)cc1. The highest BCUT2D eigenvalue weighted by Crippen LogP contribution is 2.40. The summed E-state index contributed by atoms with van der Waals surface area (Å²) in [5.74, 6) is 0.224. The van der Waals surface area contributed by atoms with E-state index in [-0.39, 0.29) is 12.0 Å². The van der Waals surface area contributed by atoms with Crippen molar-refractivity contribution in [2.45, 2.75) is 57.3 Å². The first-order chi connectivity index (χ1) is 13.5. The number of amides is 1. The number of piperidine rings is 1. The first-order valence-corrected chi connectivity index (χ1v) is 9.76. The largest absolute Gasteiger partial charge is 0.444 e. The zero-order chi connectivity index (χ0) is 21.2. The number of hydrogen-bond donors (Lipinski definition) is 0. The highest BCUT2D eigenvalue weighted by molar-refractivity contribution is 5.69. The molecule has 0 unspecified atom stereocenters. The van der Waals surface area contributed by atoms with Crippen LogP contribution >= 0.6 is 0 Å². The predicted molar refractivity (Wildman–Crippen MR) is 106 cm³/mol. The minimum absolute atomic E-state index is 0.224. The number of carbonyl (C=O) groups excluding carboxylic acids is 1. The summed E-state index contributed by atoms with van der Waals surface area (Å²) >= 11 is 0. The number of nitrogens with zero attached hydrogens (tertiary/aromatic N) is 1. The van der Waals surface area contributed by atoms with Gasteiger partial charge >= 0.3 is 12.3 Å². The van der Waals surface area contributed by atoms with Gasteiger partial charge in [0.1, 0.15) is 5.60 Å². The van der Waals surface area contributed by atoms with Gasteiger partial charge in [0.2, 0.25) is 0 Å². The fraction of sp³-hybridized carbons (Fsp3) is 0.435. The molecule has 0 aromatic heterocycles. The van der Waals surface area contributed by atoms with Crippen LogP contribution in [0.3, 0.4) is 0 Å². The van der Waals surface area contributed by atoms with Gasteiger partial charge in [0.05, 0.1) is 11.6 Å². The van der Waals surface area contributed by atoms with E-state index in [1.807, 2.05) is 18.2 Å². The molecular weight excluding hydrogens is 379 g/mol. The summed E-state index contributed by atoms with van der Waals surface area (Å²) in [6.07, 6.45) is -3.41. The lowest BCUT2D eigenvalue weighted by molar-refractivity contribution is -0.137. The lowest BCUT2D eigenvalue weighted by atomic mass is 9.83.